The molecule has 1 amide bonds. The lowest BCUT2D eigenvalue weighted by Crippen LogP contribution is -2.30. The molecular weight excluding hydrogens is 298 g/mol. The zero-order chi connectivity index (χ0) is 15.5. The summed E-state index contributed by atoms with van der Waals surface area (Å²) >= 11 is 5.79. The monoisotopic (exact) mass is 313 g/mol. The molecule has 112 valence electrons. The van der Waals surface area contributed by atoms with E-state index in [1.54, 1.807) is 24.1 Å². The Hall–Kier alpha value is -2.33. The van der Waals surface area contributed by atoms with Gasteiger partial charge in [0.15, 0.2) is 0 Å². The minimum Gasteiger partial charge on any atom is -0.346 e. The Morgan fingerprint density at radius 3 is 2.82 bits per heavy atom. The summed E-state index contributed by atoms with van der Waals surface area (Å²) in [5.41, 5.74) is 1.58. The first kappa shape index (κ1) is 14.6. The van der Waals surface area contributed by atoms with Crippen molar-refractivity contribution in [3.63, 3.8) is 0 Å². The molecule has 0 saturated carbocycles. The zero-order valence-corrected chi connectivity index (χ0v) is 13.0. The molecule has 22 heavy (non-hydrogen) atoms. The molecular formula is C17H16ClN3O. The van der Waals surface area contributed by atoms with E-state index in [2.05, 4.69) is 27.8 Å². The maximum atomic E-state index is 12.3. The molecule has 0 saturated heterocycles. The molecule has 0 unspecified atom stereocenters. The lowest BCUT2D eigenvalue weighted by Gasteiger charge is -2.17. The first-order chi connectivity index (χ1) is 10.6. The van der Waals surface area contributed by atoms with E-state index >= 15 is 0 Å². The Morgan fingerprint density at radius 2 is 2.05 bits per heavy atom. The number of aromatic nitrogens is 2. The van der Waals surface area contributed by atoms with Crippen molar-refractivity contribution in [1.82, 2.24) is 14.5 Å². The van der Waals surface area contributed by atoms with E-state index in [4.69, 9.17) is 11.6 Å². The van der Waals surface area contributed by atoms with Crippen molar-refractivity contribution in [3.8, 4) is 0 Å². The summed E-state index contributed by atoms with van der Waals surface area (Å²) in [5.74, 6) is -0.104. The number of para-hydroxylation sites is 1. The van der Waals surface area contributed by atoms with Crippen LogP contribution in [0, 0.1) is 0 Å². The van der Waals surface area contributed by atoms with E-state index in [1.807, 2.05) is 18.3 Å². The first-order valence-corrected chi connectivity index (χ1v) is 7.44. The van der Waals surface area contributed by atoms with Gasteiger partial charge in [0.25, 0.3) is 5.91 Å². The van der Waals surface area contributed by atoms with E-state index in [0.717, 1.165) is 6.54 Å². The van der Waals surface area contributed by atoms with Gasteiger partial charge in [-0.2, -0.15) is 0 Å². The number of rotatable bonds is 4. The van der Waals surface area contributed by atoms with Crippen LogP contribution >= 0.6 is 11.6 Å². The van der Waals surface area contributed by atoms with Crippen LogP contribution < -0.4 is 0 Å². The van der Waals surface area contributed by atoms with E-state index in [1.165, 1.54) is 17.1 Å². The number of hydrogen-bond acceptors (Lipinski definition) is 2. The number of amides is 1. The smallest absolute Gasteiger partial charge is 0.272 e. The van der Waals surface area contributed by atoms with Crippen molar-refractivity contribution in [2.24, 2.45) is 0 Å². The van der Waals surface area contributed by atoms with Crippen LogP contribution in [-0.4, -0.2) is 34.0 Å². The highest BCUT2D eigenvalue weighted by atomic mass is 35.5. The standard InChI is InChI=1S/C17H16ClN3O/c1-20(17(22)15-7-6-14(18)12-19-15)10-11-21-9-8-13-4-2-3-5-16(13)21/h2-9,12H,10-11H2,1H3. The van der Waals surface area contributed by atoms with Crippen LogP contribution in [0.3, 0.4) is 0 Å². The molecule has 0 spiro atoms. The summed E-state index contributed by atoms with van der Waals surface area (Å²) in [6, 6.07) is 13.6. The molecule has 4 nitrogen and oxygen atoms in total. The average Bonchev–Trinajstić information content (AvgIpc) is 2.96. The number of pyridine rings is 1. The highest BCUT2D eigenvalue weighted by molar-refractivity contribution is 6.30. The molecule has 0 atom stereocenters. The number of carbonyl (C=O) groups is 1. The number of likely N-dealkylation sites (N-methyl/N-ethyl adjacent to an activating group) is 1. The van der Waals surface area contributed by atoms with E-state index in [-0.39, 0.29) is 5.91 Å². The van der Waals surface area contributed by atoms with Crippen molar-refractivity contribution in [2.75, 3.05) is 13.6 Å². The lowest BCUT2D eigenvalue weighted by atomic mass is 10.2. The van der Waals surface area contributed by atoms with Crippen LogP contribution in [0.2, 0.25) is 5.02 Å². The van der Waals surface area contributed by atoms with Crippen LogP contribution in [-0.2, 0) is 6.54 Å². The molecule has 0 radical (unpaired) electrons. The molecule has 0 aliphatic rings. The van der Waals surface area contributed by atoms with Gasteiger partial charge >= 0.3 is 0 Å². The molecule has 5 heteroatoms. The van der Waals surface area contributed by atoms with Crippen LogP contribution in [0.25, 0.3) is 10.9 Å². The van der Waals surface area contributed by atoms with Crippen molar-refractivity contribution in [1.29, 1.82) is 0 Å². The van der Waals surface area contributed by atoms with Crippen LogP contribution in [0.15, 0.2) is 54.9 Å². The Labute approximate surface area is 133 Å². The fourth-order valence-corrected chi connectivity index (χ4v) is 2.50. The van der Waals surface area contributed by atoms with Crippen LogP contribution in [0.5, 0.6) is 0 Å². The Bertz CT molecular complexity index is 795. The summed E-state index contributed by atoms with van der Waals surface area (Å²) < 4.78 is 2.15. The van der Waals surface area contributed by atoms with Gasteiger partial charge in [-0.05, 0) is 29.7 Å². The van der Waals surface area contributed by atoms with Gasteiger partial charge in [0.1, 0.15) is 5.69 Å². The Kier molecular flexibility index (Phi) is 4.11. The van der Waals surface area contributed by atoms with Crippen molar-refractivity contribution < 1.29 is 4.79 Å². The molecule has 3 rings (SSSR count). The van der Waals surface area contributed by atoms with Crippen molar-refractivity contribution in [3.05, 3.63) is 65.6 Å². The van der Waals surface area contributed by atoms with E-state index < -0.39 is 0 Å². The second-order valence-corrected chi connectivity index (χ2v) is 5.59. The number of fused-ring (bicyclic) bond motifs is 1. The van der Waals surface area contributed by atoms with Gasteiger partial charge in [-0.3, -0.25) is 4.79 Å². The van der Waals surface area contributed by atoms with Gasteiger partial charge in [0.2, 0.25) is 0 Å². The maximum Gasteiger partial charge on any atom is 0.272 e. The second-order valence-electron chi connectivity index (χ2n) is 5.16. The largest absolute Gasteiger partial charge is 0.346 e. The number of benzene rings is 1. The molecule has 0 N–H and O–H groups in total. The number of hydrogen-bond donors (Lipinski definition) is 0. The van der Waals surface area contributed by atoms with Crippen LogP contribution in [0.1, 0.15) is 10.5 Å². The highest BCUT2D eigenvalue weighted by Gasteiger charge is 2.13. The lowest BCUT2D eigenvalue weighted by molar-refractivity contribution is 0.0785. The second kappa shape index (κ2) is 6.20. The van der Waals surface area contributed by atoms with Crippen molar-refractivity contribution >= 4 is 28.4 Å². The van der Waals surface area contributed by atoms with E-state index in [9.17, 15) is 4.79 Å². The zero-order valence-electron chi connectivity index (χ0n) is 12.2. The van der Waals surface area contributed by atoms with Gasteiger partial charge in [0, 0.05) is 38.0 Å². The fraction of sp³-hybridized carbons (Fsp3) is 0.176. The summed E-state index contributed by atoms with van der Waals surface area (Å²) in [6.45, 7) is 1.35. The van der Waals surface area contributed by atoms with Gasteiger partial charge in [-0.15, -0.1) is 0 Å². The predicted molar refractivity (Wildman–Crippen MR) is 88.1 cm³/mol. The maximum absolute atomic E-state index is 12.3. The average molecular weight is 314 g/mol. The first-order valence-electron chi connectivity index (χ1n) is 7.06. The Balaban J connectivity index is 1.68. The molecule has 0 aliphatic heterocycles. The molecule has 0 fully saturated rings. The SMILES string of the molecule is CN(CCn1ccc2ccccc21)C(=O)c1ccc(Cl)cn1. The minimum atomic E-state index is -0.104. The fourth-order valence-electron chi connectivity index (χ4n) is 2.39. The summed E-state index contributed by atoms with van der Waals surface area (Å²) in [6.07, 6.45) is 3.53. The van der Waals surface area contributed by atoms with E-state index in [0.29, 0.717) is 17.3 Å². The third kappa shape index (κ3) is 2.97. The minimum absolute atomic E-state index is 0.104. The molecule has 2 aromatic heterocycles. The molecule has 0 aliphatic carbocycles. The Morgan fingerprint density at radius 1 is 1.23 bits per heavy atom. The predicted octanol–water partition coefficient (Wildman–Crippen LogP) is 3.46. The number of carbonyl (C=O) groups excluding carboxylic acids is 1. The summed E-state index contributed by atoms with van der Waals surface area (Å²) in [7, 11) is 1.78. The van der Waals surface area contributed by atoms with Gasteiger partial charge < -0.3 is 9.47 Å². The van der Waals surface area contributed by atoms with Crippen LogP contribution in [0.4, 0.5) is 0 Å². The number of halogens is 1. The third-order valence-corrected chi connectivity index (χ3v) is 3.87. The van der Waals surface area contributed by atoms with Gasteiger partial charge in [-0.1, -0.05) is 29.8 Å². The van der Waals surface area contributed by atoms with Crippen molar-refractivity contribution in [2.45, 2.75) is 6.54 Å². The number of nitrogens with zero attached hydrogens (tertiary/aromatic N) is 3. The summed E-state index contributed by atoms with van der Waals surface area (Å²) in [4.78, 5) is 18.0. The normalized spacial score (nSPS) is 10.8. The molecule has 1 aromatic carbocycles. The van der Waals surface area contributed by atoms with Gasteiger partial charge in [0.05, 0.1) is 5.02 Å². The van der Waals surface area contributed by atoms with Gasteiger partial charge in [-0.25, -0.2) is 4.98 Å². The molecule has 0 bridgehead atoms. The molecule has 3 aromatic rings. The topological polar surface area (TPSA) is 38.1 Å². The third-order valence-electron chi connectivity index (χ3n) is 3.65. The quantitative estimate of drug-likeness (QED) is 0.740. The summed E-state index contributed by atoms with van der Waals surface area (Å²) in [5, 5.41) is 1.73. The highest BCUT2D eigenvalue weighted by Crippen LogP contribution is 2.15. The molecule has 2 heterocycles.